The molecule has 2 unspecified atom stereocenters. The second-order valence-corrected chi connectivity index (χ2v) is 18.8. The molecule has 2 fully saturated rings. The Morgan fingerprint density at radius 1 is 1.08 bits per heavy atom. The number of hydrogen-bond acceptors (Lipinski definition) is 3. The number of carboxylic acid groups (broad SMARTS) is 1. The van der Waals surface area contributed by atoms with Crippen LogP contribution in [0.15, 0.2) is 48.5 Å². The molecule has 0 aromatic heterocycles. The van der Waals surface area contributed by atoms with E-state index in [4.69, 9.17) is 27.6 Å². The molecule has 212 valence electrons. The van der Waals surface area contributed by atoms with Gasteiger partial charge in [0.1, 0.15) is 0 Å². The minimum absolute atomic E-state index is 0.0527. The number of piperidine rings is 1. The second kappa shape index (κ2) is 11.2. The first-order valence-corrected chi connectivity index (χ1v) is 17.5. The van der Waals surface area contributed by atoms with Crippen LogP contribution < -0.4 is 0 Å². The van der Waals surface area contributed by atoms with Crippen LogP contribution in [0, 0.1) is 5.41 Å². The highest BCUT2D eigenvalue weighted by Gasteiger charge is 2.53. The van der Waals surface area contributed by atoms with Crippen LogP contribution in [-0.2, 0) is 14.0 Å². The van der Waals surface area contributed by atoms with E-state index in [1.807, 2.05) is 60.4 Å². The fraction of sp³-hybridized carbons (Fsp3) is 0.548. The molecule has 2 aromatic carbocycles. The maximum absolute atomic E-state index is 14.4. The number of carbonyl (C=O) groups is 2. The summed E-state index contributed by atoms with van der Waals surface area (Å²) in [5.74, 6) is -1.19. The molecule has 1 heterocycles. The lowest BCUT2D eigenvalue weighted by Gasteiger charge is -2.51. The summed E-state index contributed by atoms with van der Waals surface area (Å²) < 4.78 is 6.79. The number of rotatable bonds is 7. The van der Waals surface area contributed by atoms with Gasteiger partial charge >= 0.3 is 5.97 Å². The number of halogens is 2. The van der Waals surface area contributed by atoms with E-state index in [0.29, 0.717) is 16.5 Å². The summed E-state index contributed by atoms with van der Waals surface area (Å²) in [6.45, 7) is 13.1. The van der Waals surface area contributed by atoms with Gasteiger partial charge in [-0.3, -0.25) is 9.59 Å². The van der Waals surface area contributed by atoms with Crippen LogP contribution in [0.25, 0.3) is 0 Å². The van der Waals surface area contributed by atoms with Crippen LogP contribution in [0.1, 0.15) is 82.9 Å². The van der Waals surface area contributed by atoms with Crippen LogP contribution >= 0.6 is 23.2 Å². The van der Waals surface area contributed by atoms with Gasteiger partial charge in [0.2, 0.25) is 5.91 Å². The van der Waals surface area contributed by atoms with Gasteiger partial charge in [-0.25, -0.2) is 0 Å². The van der Waals surface area contributed by atoms with Crippen molar-refractivity contribution in [1.29, 1.82) is 0 Å². The number of amides is 1. The Morgan fingerprint density at radius 3 is 2.33 bits per heavy atom. The van der Waals surface area contributed by atoms with E-state index >= 15 is 0 Å². The van der Waals surface area contributed by atoms with E-state index in [9.17, 15) is 14.7 Å². The Labute approximate surface area is 244 Å². The van der Waals surface area contributed by atoms with E-state index in [0.717, 1.165) is 30.4 Å². The van der Waals surface area contributed by atoms with Crippen molar-refractivity contribution in [2.75, 3.05) is 0 Å². The number of aliphatic carboxylic acids is 1. The summed E-state index contributed by atoms with van der Waals surface area (Å²) in [6.07, 6.45) is 2.72. The van der Waals surface area contributed by atoms with Gasteiger partial charge in [-0.15, -0.1) is 0 Å². The monoisotopic (exact) mass is 589 g/mol. The van der Waals surface area contributed by atoms with Crippen molar-refractivity contribution < 1.29 is 19.1 Å². The summed E-state index contributed by atoms with van der Waals surface area (Å²) in [7, 11) is -1.99. The Morgan fingerprint density at radius 2 is 1.74 bits per heavy atom. The summed E-state index contributed by atoms with van der Waals surface area (Å²) in [5.41, 5.74) is 0.952. The second-order valence-electron chi connectivity index (χ2n) is 13.2. The number of benzene rings is 2. The van der Waals surface area contributed by atoms with E-state index in [2.05, 4.69) is 33.9 Å². The molecule has 1 saturated carbocycles. The Bertz CT molecular complexity index is 1210. The van der Waals surface area contributed by atoms with E-state index < -0.39 is 19.7 Å². The fourth-order valence-corrected chi connectivity index (χ4v) is 7.88. The zero-order valence-corrected chi connectivity index (χ0v) is 26.4. The van der Waals surface area contributed by atoms with Crippen molar-refractivity contribution in [3.05, 3.63) is 69.7 Å². The highest BCUT2D eigenvalue weighted by Crippen LogP contribution is 2.53. The zero-order chi connectivity index (χ0) is 28.8. The van der Waals surface area contributed by atoms with E-state index in [-0.39, 0.29) is 41.5 Å². The third-order valence-electron chi connectivity index (χ3n) is 9.15. The maximum Gasteiger partial charge on any atom is 0.304 e. The summed E-state index contributed by atoms with van der Waals surface area (Å²) >= 11 is 12.7. The first-order valence-electron chi connectivity index (χ1n) is 13.8. The lowest BCUT2D eigenvalue weighted by molar-refractivity contribution is -0.160. The lowest BCUT2D eigenvalue weighted by Crippen LogP contribution is -2.55. The van der Waals surface area contributed by atoms with Crippen molar-refractivity contribution >= 4 is 43.4 Å². The smallest absolute Gasteiger partial charge is 0.304 e. The van der Waals surface area contributed by atoms with Crippen molar-refractivity contribution in [2.45, 2.75) is 102 Å². The van der Waals surface area contributed by atoms with Crippen molar-refractivity contribution in [3.63, 3.8) is 0 Å². The number of nitrogens with zero attached hydrogens (tertiary/aromatic N) is 1. The van der Waals surface area contributed by atoms with Crippen molar-refractivity contribution in [1.82, 2.24) is 4.90 Å². The quantitative estimate of drug-likeness (QED) is 0.329. The fourth-order valence-electron chi connectivity index (χ4n) is 6.15. The minimum atomic E-state index is -1.99. The molecule has 2 aliphatic rings. The SMILES string of the molecule is CC1(CC(=O)O)CC(c2cccc(Cl)c2)[C@@H](c2ccc(Cl)cc2)N([C@H]2CC[C@H](O[Si](C)(C)C(C)(C)C)C2)C1=O. The molecule has 0 radical (unpaired) electrons. The van der Waals surface area contributed by atoms with Crippen LogP contribution in [0.4, 0.5) is 0 Å². The van der Waals surface area contributed by atoms with Crippen LogP contribution in [0.5, 0.6) is 0 Å². The molecular formula is C31H41Cl2NO4Si. The molecule has 4 rings (SSSR count). The maximum atomic E-state index is 14.4. The van der Waals surface area contributed by atoms with Gasteiger partial charge in [-0.1, -0.05) is 75.2 Å². The average molecular weight is 591 g/mol. The number of hydrogen-bond donors (Lipinski definition) is 1. The molecule has 1 saturated heterocycles. The van der Waals surface area contributed by atoms with Gasteiger partial charge in [0.15, 0.2) is 8.32 Å². The summed E-state index contributed by atoms with van der Waals surface area (Å²) in [5, 5.41) is 11.2. The Hall–Kier alpha value is -1.86. The highest BCUT2D eigenvalue weighted by molar-refractivity contribution is 6.74. The normalized spacial score (nSPS) is 28.1. The number of carboxylic acids is 1. The van der Waals surface area contributed by atoms with E-state index in [1.165, 1.54) is 0 Å². The standard InChI is InChI=1S/C31H41Cl2NO4Si/c1-30(2,3)39(5,6)38-25-15-14-24(17-25)34-28(20-10-12-22(32)13-11-20)26(21-8-7-9-23(33)16-21)18-31(4,29(34)37)19-27(35)36/h7-13,16,24-26,28H,14-15,17-19H2,1-6H3,(H,35,36)/t24-,25-,26?,28+,31?/m0/s1. The van der Waals surface area contributed by atoms with Gasteiger partial charge in [0.05, 0.1) is 17.9 Å². The molecule has 5 nitrogen and oxygen atoms in total. The predicted molar refractivity (Wildman–Crippen MR) is 160 cm³/mol. The lowest BCUT2D eigenvalue weighted by atomic mass is 9.67. The Kier molecular flexibility index (Phi) is 8.64. The largest absolute Gasteiger partial charge is 0.481 e. The van der Waals surface area contributed by atoms with Gasteiger partial charge < -0.3 is 14.4 Å². The first-order chi connectivity index (χ1) is 18.1. The third kappa shape index (κ3) is 6.40. The molecule has 1 aliphatic carbocycles. The molecule has 0 spiro atoms. The molecule has 1 amide bonds. The Balaban J connectivity index is 1.78. The van der Waals surface area contributed by atoms with E-state index in [1.54, 1.807) is 0 Å². The van der Waals surface area contributed by atoms with Crippen LogP contribution in [0.2, 0.25) is 28.2 Å². The van der Waals surface area contributed by atoms with Gasteiger partial charge in [-0.05, 0) is 79.2 Å². The molecule has 0 bridgehead atoms. The third-order valence-corrected chi connectivity index (χ3v) is 14.2. The predicted octanol–water partition coefficient (Wildman–Crippen LogP) is 8.47. The molecular weight excluding hydrogens is 549 g/mol. The summed E-state index contributed by atoms with van der Waals surface area (Å²) in [6, 6.07) is 15.1. The molecule has 5 atom stereocenters. The zero-order valence-electron chi connectivity index (χ0n) is 23.8. The molecule has 1 N–H and O–H groups in total. The first kappa shape index (κ1) is 30.1. The molecule has 8 heteroatoms. The van der Waals surface area contributed by atoms with Gasteiger partial charge in [0.25, 0.3) is 0 Å². The molecule has 1 aliphatic heterocycles. The van der Waals surface area contributed by atoms with Crippen molar-refractivity contribution in [3.8, 4) is 0 Å². The minimum Gasteiger partial charge on any atom is -0.481 e. The van der Waals surface area contributed by atoms with Crippen LogP contribution in [-0.4, -0.2) is 42.3 Å². The average Bonchev–Trinajstić information content (AvgIpc) is 3.27. The van der Waals surface area contributed by atoms with Crippen LogP contribution in [0.3, 0.4) is 0 Å². The van der Waals surface area contributed by atoms with Crippen molar-refractivity contribution in [2.24, 2.45) is 5.41 Å². The summed E-state index contributed by atoms with van der Waals surface area (Å²) in [4.78, 5) is 28.4. The van der Waals surface area contributed by atoms with Gasteiger partial charge in [0, 0.05) is 28.1 Å². The topological polar surface area (TPSA) is 66.8 Å². The highest BCUT2D eigenvalue weighted by atomic mass is 35.5. The molecule has 2 aromatic rings. The molecule has 39 heavy (non-hydrogen) atoms. The van der Waals surface area contributed by atoms with Gasteiger partial charge in [-0.2, -0.15) is 0 Å². The number of likely N-dealkylation sites (tertiary alicyclic amines) is 1. The number of carbonyl (C=O) groups excluding carboxylic acids is 1.